The molecule has 3 aromatic rings. The van der Waals surface area contributed by atoms with Crippen molar-refractivity contribution in [2.45, 2.75) is 20.3 Å². The van der Waals surface area contributed by atoms with Crippen LogP contribution in [0.2, 0.25) is 0 Å². The molecule has 5 nitrogen and oxygen atoms in total. The molecule has 0 spiro atoms. The van der Waals surface area contributed by atoms with Gasteiger partial charge in [0, 0.05) is 18.1 Å². The van der Waals surface area contributed by atoms with Gasteiger partial charge in [-0.1, -0.05) is 25.1 Å². The number of amides is 1. The Bertz CT molecular complexity index is 944. The maximum absolute atomic E-state index is 12.5. The molecule has 0 aliphatic rings. The zero-order chi connectivity index (χ0) is 16.4. The van der Waals surface area contributed by atoms with Gasteiger partial charge in [0.05, 0.1) is 0 Å². The molecule has 1 amide bonds. The number of aromatic nitrogens is 2. The number of rotatable bonds is 3. The maximum atomic E-state index is 12.5. The highest BCUT2D eigenvalue weighted by molar-refractivity contribution is 6.03. The highest BCUT2D eigenvalue weighted by Gasteiger charge is 2.13. The van der Waals surface area contributed by atoms with Crippen molar-refractivity contribution in [1.82, 2.24) is 9.38 Å². The smallest absolute Gasteiger partial charge is 0.270 e. The summed E-state index contributed by atoms with van der Waals surface area (Å²) in [4.78, 5) is 29.1. The molecule has 0 saturated carbocycles. The Morgan fingerprint density at radius 3 is 2.87 bits per heavy atom. The molecule has 5 heteroatoms. The molecular formula is C18H17N3O2. The lowest BCUT2D eigenvalue weighted by molar-refractivity contribution is 0.102. The number of carbonyl (C=O) groups excluding carboxylic acids is 1. The van der Waals surface area contributed by atoms with E-state index < -0.39 is 5.91 Å². The van der Waals surface area contributed by atoms with Crippen LogP contribution < -0.4 is 10.9 Å². The molecule has 0 radical (unpaired) electrons. The first-order valence-electron chi connectivity index (χ1n) is 7.47. The second-order valence-electron chi connectivity index (χ2n) is 5.42. The van der Waals surface area contributed by atoms with Crippen LogP contribution in [0.25, 0.3) is 5.65 Å². The van der Waals surface area contributed by atoms with E-state index in [2.05, 4.69) is 10.3 Å². The van der Waals surface area contributed by atoms with Crippen molar-refractivity contribution in [2.24, 2.45) is 0 Å². The molecule has 0 bridgehead atoms. The first-order chi connectivity index (χ1) is 11.1. The molecule has 0 fully saturated rings. The first kappa shape index (κ1) is 15.0. The topological polar surface area (TPSA) is 63.5 Å². The van der Waals surface area contributed by atoms with Gasteiger partial charge in [-0.25, -0.2) is 4.98 Å². The molecule has 0 atom stereocenters. The fraction of sp³-hybridized carbons (Fsp3) is 0.167. The van der Waals surface area contributed by atoms with Gasteiger partial charge >= 0.3 is 0 Å². The van der Waals surface area contributed by atoms with E-state index in [1.807, 2.05) is 38.1 Å². The van der Waals surface area contributed by atoms with Crippen LogP contribution in [0.5, 0.6) is 0 Å². The number of hydrogen-bond donors (Lipinski definition) is 1. The van der Waals surface area contributed by atoms with Crippen molar-refractivity contribution in [3.8, 4) is 0 Å². The van der Waals surface area contributed by atoms with Crippen molar-refractivity contribution >= 4 is 17.2 Å². The predicted molar refractivity (Wildman–Crippen MR) is 90.0 cm³/mol. The second kappa shape index (κ2) is 6.04. The van der Waals surface area contributed by atoms with Gasteiger partial charge in [0.25, 0.3) is 11.5 Å². The van der Waals surface area contributed by atoms with Crippen LogP contribution in [0.4, 0.5) is 5.69 Å². The molecule has 1 aromatic carbocycles. The number of anilines is 1. The maximum Gasteiger partial charge on any atom is 0.270 e. The van der Waals surface area contributed by atoms with Gasteiger partial charge in [0.15, 0.2) is 0 Å². The Kier molecular flexibility index (Phi) is 3.93. The average Bonchev–Trinajstić information content (AvgIpc) is 2.55. The zero-order valence-corrected chi connectivity index (χ0v) is 13.0. The molecule has 1 N–H and O–H groups in total. The van der Waals surface area contributed by atoms with Gasteiger partial charge in [-0.2, -0.15) is 0 Å². The summed E-state index contributed by atoms with van der Waals surface area (Å²) in [5, 5.41) is 2.76. The molecule has 116 valence electrons. The van der Waals surface area contributed by atoms with Crippen LogP contribution in [-0.2, 0) is 6.42 Å². The highest BCUT2D eigenvalue weighted by atomic mass is 16.2. The summed E-state index contributed by atoms with van der Waals surface area (Å²) in [6.07, 6.45) is 3.88. The minimum Gasteiger partial charge on any atom is -0.322 e. The predicted octanol–water partition coefficient (Wildman–Crippen LogP) is 2.82. The Hall–Kier alpha value is -2.95. The van der Waals surface area contributed by atoms with Crippen molar-refractivity contribution in [2.75, 3.05) is 5.32 Å². The van der Waals surface area contributed by atoms with Crippen LogP contribution in [0.1, 0.15) is 28.4 Å². The molecule has 23 heavy (non-hydrogen) atoms. The number of benzene rings is 1. The second-order valence-corrected chi connectivity index (χ2v) is 5.42. The Labute approximate surface area is 133 Å². The van der Waals surface area contributed by atoms with Crippen LogP contribution in [0.15, 0.2) is 53.6 Å². The first-order valence-corrected chi connectivity index (χ1v) is 7.47. The van der Waals surface area contributed by atoms with E-state index in [1.165, 1.54) is 10.6 Å². The summed E-state index contributed by atoms with van der Waals surface area (Å²) < 4.78 is 1.40. The molecule has 0 aliphatic carbocycles. The number of aryl methyl sites for hydroxylation is 2. The molecular weight excluding hydrogens is 290 g/mol. The van der Waals surface area contributed by atoms with Crippen LogP contribution in [-0.4, -0.2) is 15.3 Å². The third-order valence-corrected chi connectivity index (χ3v) is 3.69. The van der Waals surface area contributed by atoms with Gasteiger partial charge in [0.2, 0.25) is 0 Å². The molecule has 3 rings (SSSR count). The zero-order valence-electron chi connectivity index (χ0n) is 13.0. The third-order valence-electron chi connectivity index (χ3n) is 3.69. The van der Waals surface area contributed by atoms with Crippen LogP contribution in [0, 0.1) is 6.92 Å². The lowest BCUT2D eigenvalue weighted by atomic mass is 10.1. The molecule has 2 aromatic heterocycles. The number of nitrogens with one attached hydrogen (secondary N) is 1. The fourth-order valence-corrected chi connectivity index (χ4v) is 2.41. The number of fused-ring (bicyclic) bond motifs is 1. The third kappa shape index (κ3) is 2.99. The average molecular weight is 307 g/mol. The lowest BCUT2D eigenvalue weighted by Crippen LogP contribution is -2.26. The van der Waals surface area contributed by atoms with E-state index in [1.54, 1.807) is 18.3 Å². The summed E-state index contributed by atoms with van der Waals surface area (Å²) >= 11 is 0. The lowest BCUT2D eigenvalue weighted by Gasteiger charge is -2.07. The minimum atomic E-state index is -0.452. The summed E-state index contributed by atoms with van der Waals surface area (Å²) in [6.45, 7) is 3.93. The summed E-state index contributed by atoms with van der Waals surface area (Å²) in [6, 6.07) is 11.2. The number of nitrogens with zero attached hydrogens (tertiary/aromatic N) is 2. The SMILES string of the molecule is CCc1cccc(NC(=O)c2cnc3ccc(C)cn3c2=O)c1. The van der Waals surface area contributed by atoms with E-state index >= 15 is 0 Å². The minimum absolute atomic E-state index is 0.0231. The van der Waals surface area contributed by atoms with E-state index in [0.717, 1.165) is 17.5 Å². The van der Waals surface area contributed by atoms with E-state index in [9.17, 15) is 9.59 Å². The number of pyridine rings is 1. The van der Waals surface area contributed by atoms with E-state index in [-0.39, 0.29) is 11.1 Å². The fourth-order valence-electron chi connectivity index (χ4n) is 2.41. The monoisotopic (exact) mass is 307 g/mol. The Morgan fingerprint density at radius 1 is 1.26 bits per heavy atom. The molecule has 0 aliphatic heterocycles. The summed E-state index contributed by atoms with van der Waals surface area (Å²) in [7, 11) is 0. The quantitative estimate of drug-likeness (QED) is 0.809. The van der Waals surface area contributed by atoms with Crippen molar-refractivity contribution in [3.63, 3.8) is 0 Å². The van der Waals surface area contributed by atoms with Gasteiger partial charge in [-0.15, -0.1) is 0 Å². The standard InChI is InChI=1S/C18H17N3O2/c1-3-13-5-4-6-14(9-13)20-17(22)15-10-19-16-8-7-12(2)11-21(16)18(15)23/h4-11H,3H2,1-2H3,(H,20,22). The normalized spacial score (nSPS) is 10.7. The van der Waals surface area contributed by atoms with Crippen LogP contribution >= 0.6 is 0 Å². The van der Waals surface area contributed by atoms with Gasteiger partial charge in [0.1, 0.15) is 11.2 Å². The van der Waals surface area contributed by atoms with E-state index in [4.69, 9.17) is 0 Å². The van der Waals surface area contributed by atoms with Crippen molar-refractivity contribution in [3.05, 3.63) is 75.8 Å². The summed E-state index contributed by atoms with van der Waals surface area (Å²) in [5.41, 5.74) is 2.88. The van der Waals surface area contributed by atoms with Gasteiger partial charge in [-0.3, -0.25) is 14.0 Å². The molecule has 0 unspecified atom stereocenters. The molecule has 0 saturated heterocycles. The van der Waals surface area contributed by atoms with E-state index in [0.29, 0.717) is 11.3 Å². The van der Waals surface area contributed by atoms with Crippen LogP contribution in [0.3, 0.4) is 0 Å². The summed E-state index contributed by atoms with van der Waals surface area (Å²) in [5.74, 6) is -0.452. The highest BCUT2D eigenvalue weighted by Crippen LogP contribution is 2.12. The number of hydrogen-bond acceptors (Lipinski definition) is 3. The Balaban J connectivity index is 1.97. The number of carbonyl (C=O) groups is 1. The largest absolute Gasteiger partial charge is 0.322 e. The van der Waals surface area contributed by atoms with Crippen molar-refractivity contribution in [1.29, 1.82) is 0 Å². The van der Waals surface area contributed by atoms with Crippen molar-refractivity contribution < 1.29 is 4.79 Å². The Morgan fingerprint density at radius 2 is 2.09 bits per heavy atom. The van der Waals surface area contributed by atoms with Gasteiger partial charge in [-0.05, 0) is 42.7 Å². The van der Waals surface area contributed by atoms with Gasteiger partial charge < -0.3 is 5.32 Å². The molecule has 2 heterocycles.